The molecule has 0 spiro atoms. The Morgan fingerprint density at radius 3 is 2.05 bits per heavy atom. The first-order valence-corrected chi connectivity index (χ1v) is 15.2. The van der Waals surface area contributed by atoms with Crippen molar-refractivity contribution >= 4 is 64.4 Å². The number of halogens is 4. The Kier molecular flexibility index (Phi) is 6.32. The van der Waals surface area contributed by atoms with Crippen molar-refractivity contribution in [1.82, 2.24) is 0 Å². The zero-order valence-electron chi connectivity index (χ0n) is 11.8. The second kappa shape index (κ2) is 6.95. The second-order valence-corrected chi connectivity index (χ2v) is 16.6. The van der Waals surface area contributed by atoms with Crippen molar-refractivity contribution in [3.05, 3.63) is 0 Å². The monoisotopic (exact) mass is 433 g/mol. The lowest BCUT2D eigenvalue weighted by atomic mass is 9.82. The van der Waals surface area contributed by atoms with E-state index in [0.29, 0.717) is 13.2 Å². The van der Waals surface area contributed by atoms with Crippen molar-refractivity contribution in [2.75, 3.05) is 13.2 Å². The van der Waals surface area contributed by atoms with Crippen molar-refractivity contribution in [2.45, 2.75) is 39.5 Å². The molecule has 12 heteroatoms. The predicted octanol–water partition coefficient (Wildman–Crippen LogP) is 8.43. The highest BCUT2D eigenvalue weighted by Crippen LogP contribution is 2.86. The molecule has 0 fully saturated rings. The molecule has 21 heavy (non-hydrogen) atoms. The van der Waals surface area contributed by atoms with E-state index in [1.807, 2.05) is 0 Å². The van der Waals surface area contributed by atoms with E-state index in [9.17, 15) is 0 Å². The van der Waals surface area contributed by atoms with Gasteiger partial charge in [-0.25, -0.2) is 0 Å². The molecule has 0 N–H and O–H groups in total. The molecule has 0 aromatic heterocycles. The van der Waals surface area contributed by atoms with E-state index >= 15 is 0 Å². The average Bonchev–Trinajstić information content (AvgIpc) is 2.35. The summed E-state index contributed by atoms with van der Waals surface area (Å²) < 4.78 is 24.2. The fourth-order valence-electron chi connectivity index (χ4n) is 2.12. The molecule has 0 saturated carbocycles. The molecule has 2 aliphatic rings. The average molecular weight is 435 g/mol. The molecule has 2 rings (SSSR count). The van der Waals surface area contributed by atoms with E-state index < -0.39 is 19.5 Å². The van der Waals surface area contributed by atoms with Crippen LogP contribution in [0.5, 0.6) is 0 Å². The summed E-state index contributed by atoms with van der Waals surface area (Å²) in [5, 5.41) is 0. The quantitative estimate of drug-likeness (QED) is 0.417. The minimum Gasteiger partial charge on any atom is -0.315 e. The number of hydrogen-bond donors (Lipinski definition) is 0. The summed E-state index contributed by atoms with van der Waals surface area (Å²) in [4.78, 5) is 0. The zero-order chi connectivity index (χ0) is 15.8. The Balaban J connectivity index is 2.38. The van der Waals surface area contributed by atoms with Gasteiger partial charge in [0.1, 0.15) is 0 Å². The van der Waals surface area contributed by atoms with Crippen LogP contribution < -0.4 is 0 Å². The van der Waals surface area contributed by atoms with Crippen LogP contribution in [0.4, 0.5) is 0 Å². The van der Waals surface area contributed by atoms with E-state index in [2.05, 4.69) is 27.4 Å². The van der Waals surface area contributed by atoms with E-state index in [4.69, 9.17) is 54.0 Å². The summed E-state index contributed by atoms with van der Waals surface area (Å²) in [5.74, 6) is -2.98. The number of nitrogens with zero attached hydrogens (tertiary/aromatic N) is 3. The summed E-state index contributed by atoms with van der Waals surface area (Å²) in [6, 6.07) is 0. The van der Waals surface area contributed by atoms with Crippen LogP contribution in [0.25, 0.3) is 0 Å². The summed E-state index contributed by atoms with van der Waals surface area (Å²) in [7, 11) is 0. The highest BCUT2D eigenvalue weighted by Gasteiger charge is 2.42. The molecular formula is C9H18Cl4N3O2P3. The van der Waals surface area contributed by atoms with Gasteiger partial charge in [0, 0.05) is 5.41 Å². The molecule has 0 amide bonds. The Morgan fingerprint density at radius 2 is 1.52 bits per heavy atom. The van der Waals surface area contributed by atoms with E-state index in [-0.39, 0.29) is 5.41 Å². The minimum atomic E-state index is -2.99. The summed E-state index contributed by atoms with van der Waals surface area (Å²) in [5.41, 5.74) is -0.145. The molecule has 3 atom stereocenters. The molecule has 0 unspecified atom stereocenters. The molecule has 2 heterocycles. The molecule has 0 aliphatic carbocycles. The molecule has 0 aromatic rings. The standard InChI is InChI=1S/C9H18Cl4N3O2P3/c1-3-5-6-9(4-2)7-17-20(12)14-19(10,11)15-21(13,16-20)18-8-9/h3-8H2,1-2H3/t9-,20+,21-. The molecule has 5 nitrogen and oxygen atoms in total. The van der Waals surface area contributed by atoms with Crippen molar-refractivity contribution in [1.29, 1.82) is 0 Å². The van der Waals surface area contributed by atoms with E-state index in [1.54, 1.807) is 0 Å². The highest BCUT2D eigenvalue weighted by molar-refractivity contribution is 8.16. The number of hydrogen-bond acceptors (Lipinski definition) is 5. The lowest BCUT2D eigenvalue weighted by Gasteiger charge is -2.37. The van der Waals surface area contributed by atoms with Gasteiger partial charge in [-0.3, -0.25) is 0 Å². The lowest BCUT2D eigenvalue weighted by molar-refractivity contribution is 0.0729. The van der Waals surface area contributed by atoms with Crippen LogP contribution in [0.2, 0.25) is 0 Å². The Bertz CT molecular complexity index is 563. The first kappa shape index (κ1) is 19.1. The van der Waals surface area contributed by atoms with Gasteiger partial charge in [0.2, 0.25) is 0 Å². The smallest absolute Gasteiger partial charge is 0.300 e. The van der Waals surface area contributed by atoms with Gasteiger partial charge in [-0.2, -0.15) is 13.5 Å². The Labute approximate surface area is 145 Å². The number of unbranched alkanes of at least 4 members (excludes halogenated alkanes) is 1. The van der Waals surface area contributed by atoms with E-state index in [1.165, 1.54) is 0 Å². The molecule has 124 valence electrons. The fraction of sp³-hybridized carbons (Fsp3) is 1.00. The minimum absolute atomic E-state index is 0.145. The maximum atomic E-state index is 6.39. The van der Waals surface area contributed by atoms with Crippen LogP contribution in [-0.2, 0) is 9.05 Å². The normalized spacial score (nSPS) is 42.0. The maximum absolute atomic E-state index is 6.39. The predicted molar refractivity (Wildman–Crippen MR) is 95.6 cm³/mol. The van der Waals surface area contributed by atoms with Gasteiger partial charge in [-0.1, -0.05) is 26.7 Å². The third kappa shape index (κ3) is 4.88. The number of rotatable bonds is 4. The van der Waals surface area contributed by atoms with Crippen molar-refractivity contribution in [3.63, 3.8) is 0 Å². The van der Waals surface area contributed by atoms with E-state index in [0.717, 1.165) is 25.7 Å². The zero-order valence-corrected chi connectivity index (χ0v) is 17.5. The van der Waals surface area contributed by atoms with Crippen molar-refractivity contribution in [2.24, 2.45) is 19.0 Å². The molecule has 0 aromatic carbocycles. The third-order valence-electron chi connectivity index (χ3n) is 3.54. The highest BCUT2D eigenvalue weighted by atomic mass is 35.9. The molecule has 2 aliphatic heterocycles. The molecule has 2 bridgehead atoms. The SMILES string of the molecule is CCCC[C@]1(CC)CO[P@]2(Cl)=N[P@@](Cl)(=NP(Cl)(Cl)=N2)OC1. The van der Waals surface area contributed by atoms with Crippen LogP contribution in [-0.4, -0.2) is 13.2 Å². The van der Waals surface area contributed by atoms with Crippen molar-refractivity contribution < 1.29 is 9.05 Å². The maximum Gasteiger partial charge on any atom is 0.300 e. The first-order chi connectivity index (χ1) is 9.66. The van der Waals surface area contributed by atoms with Gasteiger partial charge in [0.25, 0.3) is 5.91 Å². The van der Waals surface area contributed by atoms with Crippen LogP contribution in [0.15, 0.2) is 13.5 Å². The summed E-state index contributed by atoms with van der Waals surface area (Å²) in [6.45, 7) is -0.902. The molecular weight excluding hydrogens is 417 g/mol. The van der Waals surface area contributed by atoms with Crippen LogP contribution in [0.1, 0.15) is 39.5 Å². The van der Waals surface area contributed by atoms with Gasteiger partial charge in [0.05, 0.1) is 13.2 Å². The number of fused-ring (bicyclic) bond motifs is 1. The molecule has 0 saturated heterocycles. The largest absolute Gasteiger partial charge is 0.315 e. The lowest BCUT2D eigenvalue weighted by Crippen LogP contribution is -2.31. The first-order valence-electron chi connectivity index (χ1n) is 6.65. The second-order valence-electron chi connectivity index (χ2n) is 5.17. The molecule has 0 radical (unpaired) electrons. The van der Waals surface area contributed by atoms with Gasteiger partial charge < -0.3 is 9.05 Å². The van der Waals surface area contributed by atoms with Gasteiger partial charge >= 0.3 is 13.6 Å². The summed E-state index contributed by atoms with van der Waals surface area (Å²) in [6.07, 6.45) is 4.04. The van der Waals surface area contributed by atoms with Crippen LogP contribution >= 0.6 is 64.4 Å². The summed E-state index contributed by atoms with van der Waals surface area (Å²) >= 11 is 24.9. The van der Waals surface area contributed by atoms with Crippen LogP contribution in [0.3, 0.4) is 0 Å². The third-order valence-corrected chi connectivity index (χ3v) is 15.2. The van der Waals surface area contributed by atoms with Gasteiger partial charge in [0.15, 0.2) is 0 Å². The fourth-order valence-corrected chi connectivity index (χ4v) is 17.0. The van der Waals surface area contributed by atoms with Gasteiger partial charge in [-0.05, 0) is 57.8 Å². The topological polar surface area (TPSA) is 55.5 Å². The van der Waals surface area contributed by atoms with Gasteiger partial charge in [-0.15, -0.1) is 0 Å². The van der Waals surface area contributed by atoms with Crippen molar-refractivity contribution in [3.8, 4) is 0 Å². The van der Waals surface area contributed by atoms with Crippen LogP contribution in [0, 0.1) is 5.41 Å². The Hall–Kier alpha value is 1.77. The Morgan fingerprint density at radius 1 is 0.952 bits per heavy atom.